The van der Waals surface area contributed by atoms with Crippen LogP contribution in [-0.4, -0.2) is 19.7 Å². The molecule has 0 unspecified atom stereocenters. The van der Waals surface area contributed by atoms with Gasteiger partial charge in [0, 0.05) is 19.4 Å². The molecular formula is C7H9N5S2. The Labute approximate surface area is 89.4 Å². The van der Waals surface area contributed by atoms with Gasteiger partial charge in [-0.15, -0.1) is 10.2 Å². The molecule has 0 fully saturated rings. The minimum absolute atomic E-state index is 0.514. The third-order valence-electron chi connectivity index (χ3n) is 1.58. The number of imidazole rings is 1. The van der Waals surface area contributed by atoms with E-state index in [4.69, 9.17) is 5.73 Å². The van der Waals surface area contributed by atoms with Crippen LogP contribution in [0.25, 0.3) is 0 Å². The molecule has 0 aliphatic heterocycles. The third-order valence-corrected chi connectivity index (χ3v) is 3.59. The molecule has 2 aromatic heterocycles. The number of hydrogen-bond donors (Lipinski definition) is 1. The minimum Gasteiger partial charge on any atom is -0.374 e. The maximum Gasteiger partial charge on any atom is 0.203 e. The van der Waals surface area contributed by atoms with E-state index >= 15 is 0 Å². The van der Waals surface area contributed by atoms with Gasteiger partial charge in [0.1, 0.15) is 5.01 Å². The topological polar surface area (TPSA) is 69.6 Å². The summed E-state index contributed by atoms with van der Waals surface area (Å²) in [5.74, 6) is 0.764. The Bertz CT molecular complexity index is 421. The lowest BCUT2D eigenvalue weighted by atomic mass is 10.9. The largest absolute Gasteiger partial charge is 0.374 e. The van der Waals surface area contributed by atoms with Crippen molar-refractivity contribution in [2.45, 2.75) is 10.9 Å². The van der Waals surface area contributed by atoms with Crippen molar-refractivity contribution in [3.05, 3.63) is 17.4 Å². The highest BCUT2D eigenvalue weighted by Gasteiger charge is 2.04. The second kappa shape index (κ2) is 3.97. The quantitative estimate of drug-likeness (QED) is 0.796. The van der Waals surface area contributed by atoms with Gasteiger partial charge < -0.3 is 10.3 Å². The third kappa shape index (κ3) is 2.05. The second-order valence-corrected chi connectivity index (χ2v) is 4.68. The number of hydrogen-bond acceptors (Lipinski definition) is 6. The molecule has 0 aromatic carbocycles. The molecule has 0 saturated carbocycles. The monoisotopic (exact) mass is 227 g/mol. The highest BCUT2D eigenvalue weighted by atomic mass is 32.2. The van der Waals surface area contributed by atoms with E-state index in [2.05, 4.69) is 15.2 Å². The summed E-state index contributed by atoms with van der Waals surface area (Å²) < 4.78 is 1.97. The smallest absolute Gasteiger partial charge is 0.203 e. The van der Waals surface area contributed by atoms with E-state index in [0.29, 0.717) is 5.13 Å². The fourth-order valence-electron chi connectivity index (χ4n) is 0.942. The summed E-state index contributed by atoms with van der Waals surface area (Å²) in [5.41, 5.74) is 5.47. The van der Waals surface area contributed by atoms with E-state index in [9.17, 15) is 0 Å². The van der Waals surface area contributed by atoms with Crippen molar-refractivity contribution < 1.29 is 0 Å². The minimum atomic E-state index is 0.514. The van der Waals surface area contributed by atoms with Crippen LogP contribution in [0, 0.1) is 0 Å². The Balaban J connectivity index is 1.98. The molecule has 0 saturated heterocycles. The number of aromatic nitrogens is 4. The molecule has 0 aliphatic carbocycles. The van der Waals surface area contributed by atoms with Crippen LogP contribution in [-0.2, 0) is 12.8 Å². The first-order valence-electron chi connectivity index (χ1n) is 3.93. The van der Waals surface area contributed by atoms with E-state index in [1.54, 1.807) is 18.0 Å². The summed E-state index contributed by atoms with van der Waals surface area (Å²) in [7, 11) is 1.96. The Kier molecular flexibility index (Phi) is 2.69. The lowest BCUT2D eigenvalue weighted by Gasteiger charge is -1.97. The van der Waals surface area contributed by atoms with Crippen molar-refractivity contribution in [2.24, 2.45) is 7.05 Å². The number of nitrogens with zero attached hydrogens (tertiary/aromatic N) is 4. The van der Waals surface area contributed by atoms with Gasteiger partial charge in [-0.05, 0) is 0 Å². The molecule has 0 atom stereocenters. The number of rotatable bonds is 3. The second-order valence-electron chi connectivity index (χ2n) is 2.64. The standard InChI is InChI=1S/C7H9N5S2/c1-12-3-2-9-7(12)13-4-5-10-11-6(8)14-5/h2-3H,4H2,1H3,(H2,8,11). The maximum atomic E-state index is 5.47. The molecule has 0 bridgehead atoms. The molecule has 2 heterocycles. The molecular weight excluding hydrogens is 218 g/mol. The molecule has 74 valence electrons. The van der Waals surface area contributed by atoms with Crippen LogP contribution in [0.15, 0.2) is 17.6 Å². The Hall–Kier alpha value is -1.08. The molecule has 0 amide bonds. The zero-order valence-corrected chi connectivity index (χ0v) is 9.18. The first-order chi connectivity index (χ1) is 6.75. The summed E-state index contributed by atoms with van der Waals surface area (Å²) in [5, 5.41) is 10.1. The van der Waals surface area contributed by atoms with Crippen molar-refractivity contribution in [2.75, 3.05) is 5.73 Å². The molecule has 5 nitrogen and oxygen atoms in total. The zero-order chi connectivity index (χ0) is 9.97. The summed E-state index contributed by atoms with van der Waals surface area (Å²) in [6, 6.07) is 0. The van der Waals surface area contributed by atoms with Gasteiger partial charge in [-0.25, -0.2) is 4.98 Å². The van der Waals surface area contributed by atoms with Crippen LogP contribution >= 0.6 is 23.1 Å². The van der Waals surface area contributed by atoms with Gasteiger partial charge in [0.15, 0.2) is 5.16 Å². The molecule has 2 rings (SSSR count). The fraction of sp³-hybridized carbons (Fsp3) is 0.286. The Morgan fingerprint density at radius 2 is 2.43 bits per heavy atom. The highest BCUT2D eigenvalue weighted by molar-refractivity contribution is 7.98. The molecule has 2 N–H and O–H groups in total. The average Bonchev–Trinajstić information content (AvgIpc) is 2.72. The van der Waals surface area contributed by atoms with E-state index in [1.165, 1.54) is 11.3 Å². The normalized spacial score (nSPS) is 10.6. The predicted octanol–water partition coefficient (Wildman–Crippen LogP) is 1.15. The fourth-order valence-corrected chi connectivity index (χ4v) is 2.47. The van der Waals surface area contributed by atoms with Crippen molar-refractivity contribution in [1.29, 1.82) is 0 Å². The van der Waals surface area contributed by atoms with Crippen LogP contribution < -0.4 is 5.73 Å². The first-order valence-corrected chi connectivity index (χ1v) is 5.74. The van der Waals surface area contributed by atoms with E-state index < -0.39 is 0 Å². The van der Waals surface area contributed by atoms with Gasteiger partial charge in [0.25, 0.3) is 0 Å². The average molecular weight is 227 g/mol. The zero-order valence-electron chi connectivity index (χ0n) is 7.54. The van der Waals surface area contributed by atoms with Gasteiger partial charge in [0.2, 0.25) is 5.13 Å². The number of anilines is 1. The summed E-state index contributed by atoms with van der Waals surface area (Å²) in [4.78, 5) is 4.19. The molecule has 14 heavy (non-hydrogen) atoms. The molecule has 0 radical (unpaired) electrons. The number of aryl methyl sites for hydroxylation is 1. The van der Waals surface area contributed by atoms with Gasteiger partial charge in [0.05, 0.1) is 5.75 Å². The highest BCUT2D eigenvalue weighted by Crippen LogP contribution is 2.22. The van der Waals surface area contributed by atoms with E-state index in [0.717, 1.165) is 15.9 Å². The van der Waals surface area contributed by atoms with Crippen LogP contribution in [0.2, 0.25) is 0 Å². The maximum absolute atomic E-state index is 5.47. The summed E-state index contributed by atoms with van der Waals surface area (Å²) in [6.45, 7) is 0. The Morgan fingerprint density at radius 3 is 3.00 bits per heavy atom. The van der Waals surface area contributed by atoms with Gasteiger partial charge >= 0.3 is 0 Å². The van der Waals surface area contributed by atoms with Crippen LogP contribution in [0.5, 0.6) is 0 Å². The lowest BCUT2D eigenvalue weighted by molar-refractivity contribution is 0.789. The van der Waals surface area contributed by atoms with Crippen LogP contribution in [0.4, 0.5) is 5.13 Å². The van der Waals surface area contributed by atoms with Crippen molar-refractivity contribution >= 4 is 28.2 Å². The molecule has 0 spiro atoms. The number of nitrogen functional groups attached to an aromatic ring is 1. The lowest BCUT2D eigenvalue weighted by Crippen LogP contribution is -1.89. The van der Waals surface area contributed by atoms with Gasteiger partial charge in [-0.2, -0.15) is 0 Å². The summed E-state index contributed by atoms with van der Waals surface area (Å²) in [6.07, 6.45) is 3.69. The SMILES string of the molecule is Cn1ccnc1SCc1nnc(N)s1. The molecule has 7 heteroatoms. The Morgan fingerprint density at radius 1 is 1.57 bits per heavy atom. The van der Waals surface area contributed by atoms with Gasteiger partial charge in [-0.3, -0.25) is 0 Å². The number of thioether (sulfide) groups is 1. The van der Waals surface area contributed by atoms with Crippen molar-refractivity contribution in [3.63, 3.8) is 0 Å². The van der Waals surface area contributed by atoms with E-state index in [-0.39, 0.29) is 0 Å². The van der Waals surface area contributed by atoms with Crippen LogP contribution in [0.3, 0.4) is 0 Å². The molecule has 2 aromatic rings. The first kappa shape index (κ1) is 9.47. The predicted molar refractivity (Wildman–Crippen MR) is 57.1 cm³/mol. The van der Waals surface area contributed by atoms with Gasteiger partial charge in [-0.1, -0.05) is 23.1 Å². The van der Waals surface area contributed by atoms with Crippen LogP contribution in [0.1, 0.15) is 5.01 Å². The van der Waals surface area contributed by atoms with Crippen molar-refractivity contribution in [3.8, 4) is 0 Å². The van der Waals surface area contributed by atoms with Crippen molar-refractivity contribution in [1.82, 2.24) is 19.7 Å². The number of nitrogens with two attached hydrogens (primary N) is 1. The summed E-state index contributed by atoms with van der Waals surface area (Å²) >= 11 is 3.04. The molecule has 0 aliphatic rings. The van der Waals surface area contributed by atoms with E-state index in [1.807, 2.05) is 17.8 Å².